The minimum Gasteiger partial charge on any atom is -0.396 e. The normalized spacial score (nSPS) is 17.0. The van der Waals surface area contributed by atoms with Crippen molar-refractivity contribution in [3.8, 4) is 0 Å². The molecule has 0 bridgehead atoms. The number of hydrogen-bond acceptors (Lipinski definition) is 11. The Morgan fingerprint density at radius 2 is 1.59 bits per heavy atom. The van der Waals surface area contributed by atoms with Crippen LogP contribution in [0.15, 0.2) is 24.3 Å². The van der Waals surface area contributed by atoms with Gasteiger partial charge in [-0.05, 0) is 55.4 Å². The molecule has 3 rings (SSSR count). The predicted octanol–water partition coefficient (Wildman–Crippen LogP) is 2.37. The molecule has 39 heavy (non-hydrogen) atoms. The average Bonchev–Trinajstić information content (AvgIpc) is 2.94. The minimum atomic E-state index is -0.177. The molecule has 12 nitrogen and oxygen atoms in total. The van der Waals surface area contributed by atoms with Gasteiger partial charge in [0.1, 0.15) is 0 Å². The first kappa shape index (κ1) is 30.5. The van der Waals surface area contributed by atoms with Gasteiger partial charge in [-0.25, -0.2) is 0 Å². The SMILES string of the molecule is CC1CCC(CNc2nc(NCCCO)nc(Nc3ccc(C(=O)NCCOCCOCCN)cc3)n2)CC1. The molecule has 0 saturated heterocycles. The van der Waals surface area contributed by atoms with Crippen LogP contribution in [0, 0.1) is 11.8 Å². The van der Waals surface area contributed by atoms with E-state index in [4.69, 9.17) is 20.3 Å². The lowest BCUT2D eigenvalue weighted by Crippen LogP contribution is -2.27. The lowest BCUT2D eigenvalue weighted by molar-refractivity contribution is 0.0511. The number of nitrogens with one attached hydrogen (secondary N) is 4. The molecule has 0 unspecified atom stereocenters. The number of aliphatic hydroxyl groups is 1. The van der Waals surface area contributed by atoms with Crippen molar-refractivity contribution in [2.24, 2.45) is 17.6 Å². The molecule has 1 amide bonds. The quantitative estimate of drug-likeness (QED) is 0.152. The molecule has 0 spiro atoms. The fourth-order valence-corrected chi connectivity index (χ4v) is 4.22. The number of aliphatic hydroxyl groups excluding tert-OH is 1. The van der Waals surface area contributed by atoms with E-state index in [1.54, 1.807) is 24.3 Å². The molecule has 1 aromatic carbocycles. The topological polar surface area (TPSA) is 169 Å². The maximum absolute atomic E-state index is 12.4. The molecule has 0 radical (unpaired) electrons. The van der Waals surface area contributed by atoms with Crippen LogP contribution < -0.4 is 27.0 Å². The third-order valence-electron chi connectivity index (χ3n) is 6.51. The van der Waals surface area contributed by atoms with Gasteiger partial charge in [-0.1, -0.05) is 19.8 Å². The van der Waals surface area contributed by atoms with Crippen LogP contribution in [-0.2, 0) is 9.47 Å². The van der Waals surface area contributed by atoms with E-state index in [1.807, 2.05) is 0 Å². The number of nitrogens with two attached hydrogens (primary N) is 1. The Hall–Kier alpha value is -3.06. The Labute approximate surface area is 230 Å². The number of anilines is 4. The number of amides is 1. The molecule has 1 aliphatic rings. The van der Waals surface area contributed by atoms with Crippen LogP contribution in [0.5, 0.6) is 0 Å². The monoisotopic (exact) mass is 544 g/mol. The van der Waals surface area contributed by atoms with Gasteiger partial charge in [0.2, 0.25) is 17.8 Å². The molecular formula is C27H44N8O4. The number of ether oxygens (including phenoxy) is 2. The molecular weight excluding hydrogens is 500 g/mol. The van der Waals surface area contributed by atoms with Gasteiger partial charge in [-0.3, -0.25) is 4.79 Å². The highest BCUT2D eigenvalue weighted by Gasteiger charge is 2.18. The van der Waals surface area contributed by atoms with Gasteiger partial charge in [0.05, 0.1) is 26.4 Å². The number of hydrogen-bond donors (Lipinski definition) is 6. The second-order valence-corrected chi connectivity index (χ2v) is 9.79. The first-order valence-electron chi connectivity index (χ1n) is 13.9. The van der Waals surface area contributed by atoms with Crippen molar-refractivity contribution >= 4 is 29.4 Å². The summed E-state index contributed by atoms with van der Waals surface area (Å²) in [6.45, 7) is 6.54. The van der Waals surface area contributed by atoms with Crippen LogP contribution in [0.1, 0.15) is 49.4 Å². The molecule has 7 N–H and O–H groups in total. The van der Waals surface area contributed by atoms with Gasteiger partial charge >= 0.3 is 0 Å². The number of aromatic nitrogens is 3. The van der Waals surface area contributed by atoms with Crippen LogP contribution in [0.2, 0.25) is 0 Å². The van der Waals surface area contributed by atoms with E-state index in [0.717, 1.165) is 18.2 Å². The predicted molar refractivity (Wildman–Crippen MR) is 152 cm³/mol. The second-order valence-electron chi connectivity index (χ2n) is 9.79. The highest BCUT2D eigenvalue weighted by atomic mass is 16.5. The van der Waals surface area contributed by atoms with Crippen LogP contribution >= 0.6 is 0 Å². The fraction of sp³-hybridized carbons (Fsp3) is 0.630. The van der Waals surface area contributed by atoms with E-state index in [2.05, 4.69) is 43.1 Å². The van der Waals surface area contributed by atoms with E-state index in [9.17, 15) is 4.79 Å². The third kappa shape index (κ3) is 11.7. The van der Waals surface area contributed by atoms with Crippen molar-refractivity contribution in [2.45, 2.75) is 39.0 Å². The van der Waals surface area contributed by atoms with Gasteiger partial charge in [0.25, 0.3) is 5.91 Å². The van der Waals surface area contributed by atoms with Gasteiger partial charge in [0.15, 0.2) is 0 Å². The summed E-state index contributed by atoms with van der Waals surface area (Å²) in [4.78, 5) is 26.0. The standard InChI is InChI=1S/C27H44N8O4/c1-20-3-5-21(6-4-20)19-31-26-33-25(30-12-2-14-36)34-27(35-26)32-23-9-7-22(8-10-23)24(37)29-13-16-39-18-17-38-15-11-28/h7-10,20-21,36H,2-6,11-19,28H2,1H3,(H,29,37)(H3,30,31,32,33,34,35). The van der Waals surface area contributed by atoms with Gasteiger partial charge in [-0.2, -0.15) is 15.0 Å². The largest absolute Gasteiger partial charge is 0.396 e. The van der Waals surface area contributed by atoms with Crippen LogP contribution in [0.4, 0.5) is 23.5 Å². The van der Waals surface area contributed by atoms with E-state index in [0.29, 0.717) is 81.8 Å². The summed E-state index contributed by atoms with van der Waals surface area (Å²) in [5.74, 6) is 2.57. The van der Waals surface area contributed by atoms with Crippen molar-refractivity contribution in [2.75, 3.05) is 75.2 Å². The Morgan fingerprint density at radius 1 is 0.923 bits per heavy atom. The molecule has 1 aliphatic carbocycles. The maximum Gasteiger partial charge on any atom is 0.251 e. The minimum absolute atomic E-state index is 0.0888. The summed E-state index contributed by atoms with van der Waals surface area (Å²) >= 11 is 0. The Morgan fingerprint density at radius 3 is 2.28 bits per heavy atom. The summed E-state index contributed by atoms with van der Waals surface area (Å²) in [6.07, 6.45) is 5.54. The number of nitrogens with zero attached hydrogens (tertiary/aromatic N) is 3. The van der Waals surface area contributed by atoms with Crippen molar-refractivity contribution in [1.82, 2.24) is 20.3 Å². The molecule has 1 saturated carbocycles. The molecule has 216 valence electrons. The molecule has 1 aromatic heterocycles. The second kappa shape index (κ2) is 17.5. The average molecular weight is 545 g/mol. The molecule has 0 atom stereocenters. The van der Waals surface area contributed by atoms with Crippen molar-refractivity contribution < 1.29 is 19.4 Å². The molecule has 1 fully saturated rings. The first-order valence-corrected chi connectivity index (χ1v) is 13.9. The molecule has 0 aliphatic heterocycles. The van der Waals surface area contributed by atoms with Crippen LogP contribution in [0.3, 0.4) is 0 Å². The Kier molecular flexibility index (Phi) is 13.7. The third-order valence-corrected chi connectivity index (χ3v) is 6.51. The number of carbonyl (C=O) groups is 1. The number of benzene rings is 1. The van der Waals surface area contributed by atoms with Gasteiger partial charge < -0.3 is 41.6 Å². The maximum atomic E-state index is 12.4. The van der Waals surface area contributed by atoms with Gasteiger partial charge in [-0.15, -0.1) is 0 Å². The fourth-order valence-electron chi connectivity index (χ4n) is 4.22. The zero-order chi connectivity index (χ0) is 27.7. The highest BCUT2D eigenvalue weighted by molar-refractivity contribution is 5.94. The smallest absolute Gasteiger partial charge is 0.251 e. The van der Waals surface area contributed by atoms with E-state index in [1.165, 1.54) is 25.7 Å². The summed E-state index contributed by atoms with van der Waals surface area (Å²) in [5, 5.41) is 21.7. The highest BCUT2D eigenvalue weighted by Crippen LogP contribution is 2.28. The van der Waals surface area contributed by atoms with E-state index >= 15 is 0 Å². The van der Waals surface area contributed by atoms with Crippen LogP contribution in [-0.4, -0.2) is 85.2 Å². The molecule has 1 heterocycles. The van der Waals surface area contributed by atoms with Crippen LogP contribution in [0.25, 0.3) is 0 Å². The van der Waals surface area contributed by atoms with Crippen molar-refractivity contribution in [3.63, 3.8) is 0 Å². The lowest BCUT2D eigenvalue weighted by atomic mass is 9.83. The number of carbonyl (C=O) groups excluding carboxylic acids is 1. The molecule has 12 heteroatoms. The summed E-state index contributed by atoms with van der Waals surface area (Å²) in [5.41, 5.74) is 6.64. The zero-order valence-electron chi connectivity index (χ0n) is 23.0. The summed E-state index contributed by atoms with van der Waals surface area (Å²) < 4.78 is 10.7. The van der Waals surface area contributed by atoms with Crippen molar-refractivity contribution in [1.29, 1.82) is 0 Å². The first-order chi connectivity index (χ1) is 19.1. The Balaban J connectivity index is 1.51. The lowest BCUT2D eigenvalue weighted by Gasteiger charge is -2.26. The van der Waals surface area contributed by atoms with Gasteiger partial charge in [0, 0.05) is 44.0 Å². The van der Waals surface area contributed by atoms with E-state index < -0.39 is 0 Å². The summed E-state index contributed by atoms with van der Waals surface area (Å²) in [6, 6.07) is 7.09. The number of rotatable bonds is 18. The summed E-state index contributed by atoms with van der Waals surface area (Å²) in [7, 11) is 0. The molecule has 2 aromatic rings. The zero-order valence-corrected chi connectivity index (χ0v) is 23.0. The Bertz CT molecular complexity index is 971. The van der Waals surface area contributed by atoms with E-state index in [-0.39, 0.29) is 12.5 Å². The van der Waals surface area contributed by atoms with Crippen molar-refractivity contribution in [3.05, 3.63) is 29.8 Å².